The Morgan fingerprint density at radius 3 is 2.94 bits per heavy atom. The summed E-state index contributed by atoms with van der Waals surface area (Å²) in [5.41, 5.74) is 2.28. The van der Waals surface area contributed by atoms with Gasteiger partial charge in [0.15, 0.2) is 0 Å². The van der Waals surface area contributed by atoms with Crippen molar-refractivity contribution < 1.29 is 14.6 Å². The number of carboxylic acid groups (broad SMARTS) is 1. The van der Waals surface area contributed by atoms with Crippen molar-refractivity contribution in [2.45, 2.75) is 13.3 Å². The largest absolute Gasteiger partial charge is 0.497 e. The summed E-state index contributed by atoms with van der Waals surface area (Å²) in [4.78, 5) is 10.7. The van der Waals surface area contributed by atoms with Crippen LogP contribution in [0.4, 0.5) is 0 Å². The molecule has 1 N–H and O–H groups in total. The number of hydrogen-bond donors (Lipinski definition) is 1. The first-order valence-corrected chi connectivity index (χ1v) is 5.51. The summed E-state index contributed by atoms with van der Waals surface area (Å²) in [5, 5.41) is 13.1. The normalized spacial score (nSPS) is 10.3. The van der Waals surface area contributed by atoms with E-state index in [1.54, 1.807) is 24.9 Å². The van der Waals surface area contributed by atoms with Gasteiger partial charge in [-0.05, 0) is 19.1 Å². The van der Waals surface area contributed by atoms with E-state index in [2.05, 4.69) is 5.10 Å². The number of aliphatic carboxylic acids is 1. The molecule has 0 radical (unpaired) electrons. The lowest BCUT2D eigenvalue weighted by atomic mass is 10.2. The van der Waals surface area contributed by atoms with E-state index in [0.29, 0.717) is 5.56 Å². The van der Waals surface area contributed by atoms with Gasteiger partial charge in [-0.3, -0.25) is 4.79 Å². The topological polar surface area (TPSA) is 64.3 Å². The Hall–Kier alpha value is -2.30. The highest BCUT2D eigenvalue weighted by atomic mass is 16.5. The van der Waals surface area contributed by atoms with Gasteiger partial charge in [0.05, 0.1) is 24.9 Å². The molecule has 1 aromatic carbocycles. The zero-order valence-corrected chi connectivity index (χ0v) is 10.3. The minimum Gasteiger partial charge on any atom is -0.497 e. The van der Waals surface area contributed by atoms with Crippen molar-refractivity contribution in [2.75, 3.05) is 7.11 Å². The van der Waals surface area contributed by atoms with Crippen LogP contribution in [0.1, 0.15) is 11.3 Å². The number of nitrogens with zero attached hydrogens (tertiary/aromatic N) is 2. The first-order chi connectivity index (χ1) is 8.60. The summed E-state index contributed by atoms with van der Waals surface area (Å²) in [6.45, 7) is 1.80. The Balaban J connectivity index is 2.35. The maximum atomic E-state index is 10.7. The van der Waals surface area contributed by atoms with Crippen molar-refractivity contribution in [2.24, 2.45) is 0 Å². The monoisotopic (exact) mass is 246 g/mol. The molecule has 0 bridgehead atoms. The molecule has 5 heteroatoms. The van der Waals surface area contributed by atoms with Gasteiger partial charge >= 0.3 is 5.97 Å². The number of hydrogen-bond acceptors (Lipinski definition) is 3. The fraction of sp³-hybridized carbons (Fsp3) is 0.231. The van der Waals surface area contributed by atoms with Crippen LogP contribution in [0, 0.1) is 6.92 Å². The number of carboxylic acids is 1. The number of rotatable bonds is 4. The third-order valence-electron chi connectivity index (χ3n) is 2.66. The number of aryl methyl sites for hydroxylation is 1. The van der Waals surface area contributed by atoms with Crippen LogP contribution in [0.5, 0.6) is 5.75 Å². The second kappa shape index (κ2) is 4.91. The Morgan fingerprint density at radius 1 is 1.50 bits per heavy atom. The number of aromatic nitrogens is 2. The van der Waals surface area contributed by atoms with Gasteiger partial charge in [-0.2, -0.15) is 5.10 Å². The second-order valence-corrected chi connectivity index (χ2v) is 3.96. The van der Waals surface area contributed by atoms with Gasteiger partial charge in [0, 0.05) is 17.8 Å². The van der Waals surface area contributed by atoms with E-state index in [1.165, 1.54) is 0 Å². The van der Waals surface area contributed by atoms with Crippen LogP contribution in [-0.2, 0) is 11.2 Å². The standard InChI is InChI=1S/C13H14N2O3/c1-9-10(6-13(16)17)8-15(14-9)11-4-3-5-12(7-11)18-2/h3-5,7-8H,6H2,1-2H3,(H,16,17). The molecule has 0 aliphatic carbocycles. The maximum Gasteiger partial charge on any atom is 0.307 e. The van der Waals surface area contributed by atoms with Crippen molar-refractivity contribution in [1.29, 1.82) is 0 Å². The van der Waals surface area contributed by atoms with Gasteiger partial charge in [-0.15, -0.1) is 0 Å². The average molecular weight is 246 g/mol. The lowest BCUT2D eigenvalue weighted by Gasteiger charge is -2.03. The van der Waals surface area contributed by atoms with Crippen LogP contribution in [0.25, 0.3) is 5.69 Å². The molecule has 0 atom stereocenters. The molecule has 94 valence electrons. The molecule has 1 heterocycles. The van der Waals surface area contributed by atoms with Gasteiger partial charge < -0.3 is 9.84 Å². The summed E-state index contributed by atoms with van der Waals surface area (Å²) in [5.74, 6) is -0.122. The Bertz CT molecular complexity index is 575. The average Bonchev–Trinajstić information content (AvgIpc) is 2.70. The molecule has 0 aliphatic rings. The molecule has 1 aromatic heterocycles. The van der Waals surface area contributed by atoms with Crippen LogP contribution in [0.15, 0.2) is 30.5 Å². The minimum absolute atomic E-state index is 0.0181. The highest BCUT2D eigenvalue weighted by molar-refractivity contribution is 5.70. The molecule has 2 rings (SSSR count). The molecular weight excluding hydrogens is 232 g/mol. The summed E-state index contributed by atoms with van der Waals surface area (Å²) < 4.78 is 6.81. The third kappa shape index (κ3) is 2.51. The predicted molar refractivity (Wildman–Crippen MR) is 66.2 cm³/mol. The SMILES string of the molecule is COc1cccc(-n2cc(CC(=O)O)c(C)n2)c1. The maximum absolute atomic E-state index is 10.7. The van der Waals surface area contributed by atoms with Gasteiger partial charge in [0.25, 0.3) is 0 Å². The van der Waals surface area contributed by atoms with Crippen LogP contribution >= 0.6 is 0 Å². The lowest BCUT2D eigenvalue weighted by molar-refractivity contribution is -0.136. The number of methoxy groups -OCH3 is 1. The molecule has 0 saturated heterocycles. The van der Waals surface area contributed by atoms with Crippen LogP contribution in [-0.4, -0.2) is 28.0 Å². The Morgan fingerprint density at radius 2 is 2.28 bits per heavy atom. The first kappa shape index (κ1) is 12.2. The minimum atomic E-state index is -0.858. The quantitative estimate of drug-likeness (QED) is 0.893. The van der Waals surface area contributed by atoms with Crippen LogP contribution < -0.4 is 4.74 Å². The van der Waals surface area contributed by atoms with Crippen LogP contribution in [0.2, 0.25) is 0 Å². The van der Waals surface area contributed by atoms with Crippen molar-refractivity contribution in [3.05, 3.63) is 41.7 Å². The predicted octanol–water partition coefficient (Wildman–Crippen LogP) is 1.82. The molecule has 0 saturated carbocycles. The van der Waals surface area contributed by atoms with Gasteiger partial charge in [0.2, 0.25) is 0 Å². The van der Waals surface area contributed by atoms with Crippen molar-refractivity contribution in [1.82, 2.24) is 9.78 Å². The molecule has 0 fully saturated rings. The second-order valence-electron chi connectivity index (χ2n) is 3.96. The van der Waals surface area contributed by atoms with Gasteiger partial charge in [-0.25, -0.2) is 4.68 Å². The Kier molecular flexibility index (Phi) is 3.32. The van der Waals surface area contributed by atoms with E-state index in [4.69, 9.17) is 9.84 Å². The summed E-state index contributed by atoms with van der Waals surface area (Å²) in [6.07, 6.45) is 1.72. The number of benzene rings is 1. The zero-order chi connectivity index (χ0) is 13.1. The summed E-state index contributed by atoms with van der Waals surface area (Å²) in [7, 11) is 1.60. The van der Waals surface area contributed by atoms with E-state index < -0.39 is 5.97 Å². The highest BCUT2D eigenvalue weighted by Crippen LogP contribution is 2.17. The van der Waals surface area contributed by atoms with E-state index in [1.807, 2.05) is 24.3 Å². The molecule has 0 aliphatic heterocycles. The third-order valence-corrected chi connectivity index (χ3v) is 2.66. The summed E-state index contributed by atoms with van der Waals surface area (Å²) in [6, 6.07) is 7.44. The number of ether oxygens (including phenoxy) is 1. The van der Waals surface area contributed by atoms with Gasteiger partial charge in [-0.1, -0.05) is 6.07 Å². The van der Waals surface area contributed by atoms with E-state index >= 15 is 0 Å². The fourth-order valence-electron chi connectivity index (χ4n) is 1.72. The molecular formula is C13H14N2O3. The zero-order valence-electron chi connectivity index (χ0n) is 10.3. The number of carbonyl (C=O) groups is 1. The highest BCUT2D eigenvalue weighted by Gasteiger charge is 2.10. The smallest absolute Gasteiger partial charge is 0.307 e. The molecule has 18 heavy (non-hydrogen) atoms. The lowest BCUT2D eigenvalue weighted by Crippen LogP contribution is -2.00. The van der Waals surface area contributed by atoms with Crippen LogP contribution in [0.3, 0.4) is 0 Å². The van der Waals surface area contributed by atoms with Crippen molar-refractivity contribution >= 4 is 5.97 Å². The molecule has 2 aromatic rings. The van der Waals surface area contributed by atoms with E-state index in [0.717, 1.165) is 17.1 Å². The molecule has 0 amide bonds. The molecule has 5 nitrogen and oxygen atoms in total. The molecule has 0 spiro atoms. The fourth-order valence-corrected chi connectivity index (χ4v) is 1.72. The van der Waals surface area contributed by atoms with Gasteiger partial charge in [0.1, 0.15) is 5.75 Å². The van der Waals surface area contributed by atoms with Crippen molar-refractivity contribution in [3.8, 4) is 11.4 Å². The van der Waals surface area contributed by atoms with Crippen molar-refractivity contribution in [3.63, 3.8) is 0 Å². The van der Waals surface area contributed by atoms with E-state index in [-0.39, 0.29) is 6.42 Å². The van der Waals surface area contributed by atoms with E-state index in [9.17, 15) is 4.79 Å². The first-order valence-electron chi connectivity index (χ1n) is 5.51. The summed E-state index contributed by atoms with van der Waals surface area (Å²) >= 11 is 0. The Labute approximate surface area is 105 Å². The molecule has 0 unspecified atom stereocenters.